The van der Waals surface area contributed by atoms with Crippen LogP contribution in [0.2, 0.25) is 0 Å². The molecule has 3 heteroatoms. The standard InChI is InChI=1S/C15H20N2S/c1-11(2)13(8-9-18-3)17-15-10-16-14-7-5-4-6-12(14)15/h4-7,10,13,16-17H,1,8-9H2,2-3H3/t13-/m0/s1. The van der Waals surface area contributed by atoms with Gasteiger partial charge in [0, 0.05) is 23.1 Å². The third-order valence-electron chi connectivity index (χ3n) is 3.12. The third kappa shape index (κ3) is 2.91. The van der Waals surface area contributed by atoms with Crippen LogP contribution < -0.4 is 5.32 Å². The minimum atomic E-state index is 0.344. The number of rotatable bonds is 6. The summed E-state index contributed by atoms with van der Waals surface area (Å²) in [6, 6.07) is 8.69. The monoisotopic (exact) mass is 260 g/mol. The molecule has 1 heterocycles. The molecule has 0 amide bonds. The van der Waals surface area contributed by atoms with E-state index in [2.05, 4.69) is 48.3 Å². The molecular formula is C15H20N2S. The lowest BCUT2D eigenvalue weighted by Crippen LogP contribution is -2.21. The van der Waals surface area contributed by atoms with Crippen LogP contribution in [0.4, 0.5) is 5.69 Å². The second-order valence-corrected chi connectivity index (χ2v) is 5.56. The van der Waals surface area contributed by atoms with Crippen LogP contribution >= 0.6 is 11.8 Å². The Labute approximate surface area is 113 Å². The zero-order valence-corrected chi connectivity index (χ0v) is 11.8. The average Bonchev–Trinajstić information content (AvgIpc) is 2.77. The van der Waals surface area contributed by atoms with Crippen LogP contribution in [0.5, 0.6) is 0 Å². The second-order valence-electron chi connectivity index (χ2n) is 4.57. The fourth-order valence-corrected chi connectivity index (χ4v) is 2.53. The molecule has 2 rings (SSSR count). The highest BCUT2D eigenvalue weighted by molar-refractivity contribution is 7.98. The van der Waals surface area contributed by atoms with Crippen molar-refractivity contribution >= 4 is 28.4 Å². The van der Waals surface area contributed by atoms with Crippen molar-refractivity contribution in [1.29, 1.82) is 0 Å². The summed E-state index contributed by atoms with van der Waals surface area (Å²) in [7, 11) is 0. The number of hydrogen-bond acceptors (Lipinski definition) is 2. The summed E-state index contributed by atoms with van der Waals surface area (Å²) in [5, 5.41) is 4.84. The van der Waals surface area contributed by atoms with E-state index in [4.69, 9.17) is 0 Å². The molecule has 0 saturated carbocycles. The zero-order chi connectivity index (χ0) is 13.0. The summed E-state index contributed by atoms with van der Waals surface area (Å²) < 4.78 is 0. The number of fused-ring (bicyclic) bond motifs is 1. The van der Waals surface area contributed by atoms with Gasteiger partial charge in [-0.3, -0.25) is 0 Å². The lowest BCUT2D eigenvalue weighted by molar-refractivity contribution is 0.800. The van der Waals surface area contributed by atoms with E-state index < -0.39 is 0 Å². The highest BCUT2D eigenvalue weighted by atomic mass is 32.2. The molecule has 1 aromatic heterocycles. The molecule has 0 aliphatic rings. The Hall–Kier alpha value is -1.35. The molecule has 0 fully saturated rings. The van der Waals surface area contributed by atoms with E-state index in [1.807, 2.05) is 24.0 Å². The van der Waals surface area contributed by atoms with Crippen molar-refractivity contribution in [2.75, 3.05) is 17.3 Å². The number of para-hydroxylation sites is 1. The molecule has 1 aromatic carbocycles. The summed E-state index contributed by atoms with van der Waals surface area (Å²) in [5.41, 5.74) is 3.53. The minimum absolute atomic E-state index is 0.344. The van der Waals surface area contributed by atoms with E-state index in [-0.39, 0.29) is 0 Å². The maximum absolute atomic E-state index is 4.09. The second kappa shape index (κ2) is 6.01. The number of H-pyrrole nitrogens is 1. The van der Waals surface area contributed by atoms with Gasteiger partial charge in [-0.05, 0) is 31.4 Å². The van der Waals surface area contributed by atoms with Crippen LogP contribution in [0, 0.1) is 0 Å². The van der Waals surface area contributed by atoms with Gasteiger partial charge in [0.15, 0.2) is 0 Å². The molecule has 0 aliphatic heterocycles. The van der Waals surface area contributed by atoms with Crippen molar-refractivity contribution in [3.8, 4) is 0 Å². The molecule has 0 saturated heterocycles. The Morgan fingerprint density at radius 3 is 2.94 bits per heavy atom. The predicted octanol–water partition coefficient (Wildman–Crippen LogP) is 4.28. The van der Waals surface area contributed by atoms with Gasteiger partial charge in [-0.1, -0.05) is 30.4 Å². The molecule has 0 aliphatic carbocycles. The van der Waals surface area contributed by atoms with Crippen molar-refractivity contribution < 1.29 is 0 Å². The molecule has 2 aromatic rings. The molecule has 96 valence electrons. The number of anilines is 1. The van der Waals surface area contributed by atoms with Gasteiger partial charge in [0.1, 0.15) is 0 Å². The maximum atomic E-state index is 4.09. The SMILES string of the molecule is C=C(C)[C@H](CCSC)Nc1c[nH]c2ccccc12. The van der Waals surface area contributed by atoms with Crippen LogP contribution in [0.15, 0.2) is 42.6 Å². The number of thioether (sulfide) groups is 1. The summed E-state index contributed by atoms with van der Waals surface area (Å²) in [5.74, 6) is 1.15. The van der Waals surface area contributed by atoms with Gasteiger partial charge in [0.05, 0.1) is 5.69 Å². The van der Waals surface area contributed by atoms with Gasteiger partial charge >= 0.3 is 0 Å². The number of nitrogens with one attached hydrogen (secondary N) is 2. The van der Waals surface area contributed by atoms with Gasteiger partial charge in [0.25, 0.3) is 0 Å². The Bertz CT molecular complexity index is 530. The van der Waals surface area contributed by atoms with Gasteiger partial charge in [0.2, 0.25) is 0 Å². The van der Waals surface area contributed by atoms with E-state index in [1.165, 1.54) is 22.2 Å². The van der Waals surface area contributed by atoms with Crippen molar-refractivity contribution in [2.45, 2.75) is 19.4 Å². The van der Waals surface area contributed by atoms with Crippen molar-refractivity contribution in [1.82, 2.24) is 4.98 Å². The molecule has 2 N–H and O–H groups in total. The maximum Gasteiger partial charge on any atom is 0.0602 e. The van der Waals surface area contributed by atoms with Gasteiger partial charge in [-0.15, -0.1) is 0 Å². The fourth-order valence-electron chi connectivity index (χ4n) is 2.06. The molecule has 0 radical (unpaired) electrons. The number of aromatic amines is 1. The highest BCUT2D eigenvalue weighted by Crippen LogP contribution is 2.25. The lowest BCUT2D eigenvalue weighted by atomic mass is 10.1. The first-order chi connectivity index (χ1) is 8.72. The summed E-state index contributed by atoms with van der Waals surface area (Å²) in [6.07, 6.45) is 5.29. The molecule has 18 heavy (non-hydrogen) atoms. The van der Waals surface area contributed by atoms with E-state index >= 15 is 0 Å². The van der Waals surface area contributed by atoms with Crippen LogP contribution in [0.25, 0.3) is 10.9 Å². The lowest BCUT2D eigenvalue weighted by Gasteiger charge is -2.19. The first-order valence-electron chi connectivity index (χ1n) is 6.19. The van der Waals surface area contributed by atoms with Gasteiger partial charge < -0.3 is 10.3 Å². The minimum Gasteiger partial charge on any atom is -0.377 e. The summed E-state index contributed by atoms with van der Waals surface area (Å²) in [6.45, 7) is 6.18. The average molecular weight is 260 g/mol. The molecule has 0 spiro atoms. The first kappa shape index (κ1) is 13.1. The quantitative estimate of drug-likeness (QED) is 0.759. The van der Waals surface area contributed by atoms with Crippen LogP contribution in [0.3, 0.4) is 0 Å². The molecular weight excluding hydrogens is 240 g/mol. The van der Waals surface area contributed by atoms with E-state index in [0.717, 1.165) is 12.2 Å². The normalized spacial score (nSPS) is 12.6. The van der Waals surface area contributed by atoms with Crippen molar-refractivity contribution in [2.24, 2.45) is 0 Å². The summed E-state index contributed by atoms with van der Waals surface area (Å²) in [4.78, 5) is 3.29. The van der Waals surface area contributed by atoms with Crippen LogP contribution in [-0.4, -0.2) is 23.0 Å². The first-order valence-corrected chi connectivity index (χ1v) is 7.58. The van der Waals surface area contributed by atoms with Crippen LogP contribution in [-0.2, 0) is 0 Å². The van der Waals surface area contributed by atoms with Crippen LogP contribution in [0.1, 0.15) is 13.3 Å². The molecule has 2 nitrogen and oxygen atoms in total. The molecule has 1 atom stereocenters. The topological polar surface area (TPSA) is 27.8 Å². The van der Waals surface area contributed by atoms with Crippen molar-refractivity contribution in [3.05, 3.63) is 42.6 Å². The van der Waals surface area contributed by atoms with E-state index in [1.54, 1.807) is 0 Å². The third-order valence-corrected chi connectivity index (χ3v) is 3.77. The Balaban J connectivity index is 2.18. The Morgan fingerprint density at radius 2 is 2.22 bits per heavy atom. The van der Waals surface area contributed by atoms with Gasteiger partial charge in [-0.25, -0.2) is 0 Å². The number of hydrogen-bond donors (Lipinski definition) is 2. The van der Waals surface area contributed by atoms with Gasteiger partial charge in [-0.2, -0.15) is 11.8 Å². The molecule has 0 bridgehead atoms. The predicted molar refractivity (Wildman–Crippen MR) is 83.5 cm³/mol. The van der Waals surface area contributed by atoms with E-state index in [0.29, 0.717) is 6.04 Å². The Morgan fingerprint density at radius 1 is 1.44 bits per heavy atom. The number of benzene rings is 1. The fraction of sp³-hybridized carbons (Fsp3) is 0.333. The Kier molecular flexibility index (Phi) is 4.37. The largest absolute Gasteiger partial charge is 0.377 e. The highest BCUT2D eigenvalue weighted by Gasteiger charge is 2.11. The summed E-state index contributed by atoms with van der Waals surface area (Å²) >= 11 is 1.87. The zero-order valence-electron chi connectivity index (χ0n) is 11.0. The smallest absolute Gasteiger partial charge is 0.0602 e. The van der Waals surface area contributed by atoms with E-state index in [9.17, 15) is 0 Å². The number of aromatic nitrogens is 1. The molecule has 0 unspecified atom stereocenters. The van der Waals surface area contributed by atoms with Crippen molar-refractivity contribution in [3.63, 3.8) is 0 Å².